The molecular weight excluding hydrogens is 602 g/mol. The number of aromatic carboxylic acids is 1. The molecule has 0 amide bonds. The van der Waals surface area contributed by atoms with E-state index >= 15 is 0 Å². The van der Waals surface area contributed by atoms with E-state index in [0.29, 0.717) is 34.6 Å². The first-order valence-electron chi connectivity index (χ1n) is 16.1. The van der Waals surface area contributed by atoms with E-state index in [9.17, 15) is 20.2 Å². The first-order chi connectivity index (χ1) is 22.8. The molecule has 5 rings (SSSR count). The number of azide groups is 1. The van der Waals surface area contributed by atoms with E-state index in [0.717, 1.165) is 44.2 Å². The molecule has 0 aromatic heterocycles. The van der Waals surface area contributed by atoms with Gasteiger partial charge in [0.05, 0.1) is 11.6 Å². The van der Waals surface area contributed by atoms with Crippen LogP contribution in [-0.4, -0.2) is 45.0 Å². The molecule has 3 aromatic carbocycles. The molecule has 9 nitrogen and oxygen atoms in total. The average molecular weight is 645 g/mol. The summed E-state index contributed by atoms with van der Waals surface area (Å²) in [7, 11) is 7.82. The number of carbonyl (C=O) groups excluding carboxylic acids is 1. The lowest BCUT2D eigenvalue weighted by Crippen LogP contribution is -2.21. The Bertz CT molecular complexity index is 2120. The van der Waals surface area contributed by atoms with Gasteiger partial charge in [0.25, 0.3) is 0 Å². The Morgan fingerprint density at radius 1 is 0.917 bits per heavy atom. The zero-order chi connectivity index (χ0) is 34.9. The second-order valence-electron chi connectivity index (χ2n) is 13.2. The van der Waals surface area contributed by atoms with Gasteiger partial charge in [-0.2, -0.15) is 0 Å². The van der Waals surface area contributed by atoms with E-state index in [2.05, 4.69) is 37.7 Å². The molecule has 0 saturated heterocycles. The maximum absolute atomic E-state index is 13.6. The molecule has 1 aliphatic heterocycles. The summed E-state index contributed by atoms with van der Waals surface area (Å²) in [6.45, 7) is 8.20. The van der Waals surface area contributed by atoms with Crippen molar-refractivity contribution in [2.24, 2.45) is 5.11 Å². The number of carboxylic acids is 1. The van der Waals surface area contributed by atoms with Crippen molar-refractivity contribution < 1.29 is 19.1 Å². The fourth-order valence-corrected chi connectivity index (χ4v) is 6.16. The van der Waals surface area contributed by atoms with Crippen molar-refractivity contribution in [2.75, 3.05) is 33.1 Å². The molecule has 1 aliphatic carbocycles. The summed E-state index contributed by atoms with van der Waals surface area (Å²) in [4.78, 5) is 31.4. The summed E-state index contributed by atoms with van der Waals surface area (Å²) < 4.78 is 8.40. The van der Waals surface area contributed by atoms with Crippen LogP contribution in [0.3, 0.4) is 0 Å². The molecule has 3 aromatic rings. The first kappa shape index (κ1) is 33.9. The van der Waals surface area contributed by atoms with Crippen molar-refractivity contribution in [1.82, 2.24) is 4.58 Å². The lowest BCUT2D eigenvalue weighted by atomic mass is 9.88. The number of benzene rings is 4. The smallest absolute Gasteiger partial charge is 0.336 e. The second kappa shape index (κ2) is 13.8. The van der Waals surface area contributed by atoms with Gasteiger partial charge in [0.15, 0.2) is 5.78 Å². The molecule has 1 N–H and O–H groups in total. The van der Waals surface area contributed by atoms with E-state index < -0.39 is 5.97 Å². The predicted molar refractivity (Wildman–Crippen MR) is 193 cm³/mol. The van der Waals surface area contributed by atoms with Crippen LogP contribution in [0.2, 0.25) is 0 Å². The number of Topliss-reactive ketones (excluding diaryl/α,β-unsaturated/α-hetero) is 1. The number of carbonyl (C=O) groups is 2. The van der Waals surface area contributed by atoms with Crippen LogP contribution in [0.5, 0.6) is 0 Å². The number of hydrogen-bond acceptors (Lipinski definition) is 5. The zero-order valence-corrected chi connectivity index (χ0v) is 28.8. The Labute approximate surface area is 280 Å². The van der Waals surface area contributed by atoms with Gasteiger partial charge in [0.1, 0.15) is 25.4 Å². The third kappa shape index (κ3) is 6.68. The van der Waals surface area contributed by atoms with Gasteiger partial charge in [-0.15, -0.1) is 0 Å². The van der Waals surface area contributed by atoms with Crippen LogP contribution in [0.4, 0.5) is 11.4 Å². The Morgan fingerprint density at radius 3 is 2.17 bits per heavy atom. The monoisotopic (exact) mass is 644 g/mol. The molecule has 2 aliphatic rings. The molecule has 9 heteroatoms. The minimum Gasteiger partial charge on any atom is -0.478 e. The number of fused-ring (bicyclic) bond motifs is 2. The molecule has 0 bridgehead atoms. The molecule has 0 radical (unpaired) electrons. The standard InChI is InChI=1S/C39H41N5O4/c1-22(2)31-17-24(18-32(23(3)4)38(31)41-42-40)9-16-34(45)25-10-13-28(33(19-25)39(46)47)37-29-14-11-26(43(5)6)20-35(29)48-36-21-27(44(7)8)12-15-30(36)37/h10-15,17-23H,9,16H2,1-8H3/p+1. The van der Waals surface area contributed by atoms with Gasteiger partial charge >= 0.3 is 5.97 Å². The summed E-state index contributed by atoms with van der Waals surface area (Å²) in [5, 5.41) is 16.2. The number of ketones is 1. The van der Waals surface area contributed by atoms with Crippen LogP contribution in [0.15, 0.2) is 76.3 Å². The van der Waals surface area contributed by atoms with Crippen molar-refractivity contribution in [3.63, 3.8) is 0 Å². The first-order valence-corrected chi connectivity index (χ1v) is 16.1. The number of aryl methyl sites for hydroxylation is 1. The van der Waals surface area contributed by atoms with E-state index in [-0.39, 0.29) is 29.6 Å². The topological polar surface area (TPSA) is 123 Å². The summed E-state index contributed by atoms with van der Waals surface area (Å²) in [5.41, 5.74) is 16.7. The van der Waals surface area contributed by atoms with Gasteiger partial charge in [-0.25, -0.2) is 9.37 Å². The molecule has 0 spiro atoms. The lowest BCUT2D eigenvalue weighted by molar-refractivity contribution is 0.0697. The largest absolute Gasteiger partial charge is 0.478 e. The van der Waals surface area contributed by atoms with Crippen LogP contribution >= 0.6 is 0 Å². The van der Waals surface area contributed by atoms with Gasteiger partial charge in [-0.05, 0) is 70.3 Å². The highest BCUT2D eigenvalue weighted by atomic mass is 16.4. The third-order valence-electron chi connectivity index (χ3n) is 8.82. The van der Waals surface area contributed by atoms with Crippen molar-refractivity contribution in [2.45, 2.75) is 52.4 Å². The highest BCUT2D eigenvalue weighted by Crippen LogP contribution is 2.42. The van der Waals surface area contributed by atoms with Crippen molar-refractivity contribution in [3.05, 3.63) is 110 Å². The van der Waals surface area contributed by atoms with E-state index in [4.69, 9.17) is 4.42 Å². The van der Waals surface area contributed by atoms with Gasteiger partial charge in [-0.1, -0.05) is 57.1 Å². The van der Waals surface area contributed by atoms with Crippen molar-refractivity contribution in [3.8, 4) is 22.5 Å². The molecule has 0 unspecified atom stereocenters. The van der Waals surface area contributed by atoms with E-state index in [1.807, 2.05) is 86.2 Å². The zero-order valence-electron chi connectivity index (χ0n) is 28.8. The molecule has 246 valence electrons. The maximum atomic E-state index is 13.6. The van der Waals surface area contributed by atoms with Gasteiger partial charge < -0.3 is 14.4 Å². The minimum atomic E-state index is -1.12. The highest BCUT2D eigenvalue weighted by Gasteiger charge is 2.24. The van der Waals surface area contributed by atoms with Crippen LogP contribution in [0.1, 0.15) is 83.4 Å². The Kier molecular flexibility index (Phi) is 9.73. The molecule has 48 heavy (non-hydrogen) atoms. The van der Waals surface area contributed by atoms with Crippen LogP contribution in [-0.2, 0) is 6.42 Å². The quantitative estimate of drug-likeness (QED) is 0.0406. The SMILES string of the molecule is CC(C)c1cc(CCC(=O)c2ccc(-c3c4ccc(=[N+](C)C)cc-4oc4cc(N(C)C)ccc34)c(C(=O)O)c2)cc(C(C)C)c1N=[N+]=[N-]. The van der Waals surface area contributed by atoms with E-state index in [1.165, 1.54) is 6.07 Å². The second-order valence-corrected chi connectivity index (χ2v) is 13.2. The summed E-state index contributed by atoms with van der Waals surface area (Å²) >= 11 is 0. The molecule has 0 fully saturated rings. The molecule has 0 saturated carbocycles. The van der Waals surface area contributed by atoms with Crippen LogP contribution < -0.4 is 14.8 Å². The van der Waals surface area contributed by atoms with E-state index in [1.54, 1.807) is 12.1 Å². The number of rotatable bonds is 10. The van der Waals surface area contributed by atoms with Gasteiger partial charge in [0.2, 0.25) is 5.36 Å². The fraction of sp³-hybridized carbons (Fsp3) is 0.308. The molecule has 1 heterocycles. The maximum Gasteiger partial charge on any atom is 0.336 e. The van der Waals surface area contributed by atoms with Crippen molar-refractivity contribution >= 4 is 34.1 Å². The average Bonchev–Trinajstić information content (AvgIpc) is 3.05. The Balaban J connectivity index is 1.59. The Morgan fingerprint density at radius 2 is 1.58 bits per heavy atom. The lowest BCUT2D eigenvalue weighted by Gasteiger charge is -2.19. The number of anilines is 1. The summed E-state index contributed by atoms with van der Waals surface area (Å²) in [6.07, 6.45) is 0.669. The van der Waals surface area contributed by atoms with Crippen LogP contribution in [0.25, 0.3) is 43.9 Å². The molecule has 0 atom stereocenters. The van der Waals surface area contributed by atoms with Gasteiger partial charge in [-0.3, -0.25) is 4.79 Å². The van der Waals surface area contributed by atoms with Crippen LogP contribution in [0, 0.1) is 0 Å². The third-order valence-corrected chi connectivity index (χ3v) is 8.82. The molecular formula is C39H42N5O4+. The Hall–Kier alpha value is -5.40. The highest BCUT2D eigenvalue weighted by molar-refractivity contribution is 6.09. The summed E-state index contributed by atoms with van der Waals surface area (Å²) in [6, 6.07) is 20.8. The fourth-order valence-electron chi connectivity index (χ4n) is 6.16. The number of hydrogen-bond donors (Lipinski definition) is 1. The van der Waals surface area contributed by atoms with Crippen molar-refractivity contribution in [1.29, 1.82) is 0 Å². The predicted octanol–water partition coefficient (Wildman–Crippen LogP) is 9.00. The summed E-state index contributed by atoms with van der Waals surface area (Å²) in [5.74, 6) is -0.376. The minimum absolute atomic E-state index is 0.0472. The number of carboxylic acid groups (broad SMARTS) is 1. The normalized spacial score (nSPS) is 11.3. The number of nitrogens with zero attached hydrogens (tertiary/aromatic N) is 5. The van der Waals surface area contributed by atoms with Gasteiger partial charge in [0, 0.05) is 71.0 Å².